The summed E-state index contributed by atoms with van der Waals surface area (Å²) >= 11 is 0. The van der Waals surface area contributed by atoms with E-state index in [2.05, 4.69) is 4.72 Å². The summed E-state index contributed by atoms with van der Waals surface area (Å²) in [5, 5.41) is 1.02. The predicted molar refractivity (Wildman–Crippen MR) is 67.3 cm³/mol. The van der Waals surface area contributed by atoms with Crippen molar-refractivity contribution in [2.75, 3.05) is 6.26 Å². The number of furan rings is 1. The standard InChI is InChI=1S/C12H15NO3S/c1-8-10-6-4-5-7-11(10)16-12(8)9(2)13-17(3,14)15/h4-7,9,13H,1-3H3/t9-/m1/s1. The molecular weight excluding hydrogens is 238 g/mol. The third-order valence-corrected chi connectivity index (χ3v) is 3.45. The first-order valence-corrected chi connectivity index (χ1v) is 7.23. The Labute approximate surface area is 101 Å². The second kappa shape index (κ2) is 4.16. The number of aryl methyl sites for hydroxylation is 1. The second-order valence-electron chi connectivity index (χ2n) is 4.20. The highest BCUT2D eigenvalue weighted by molar-refractivity contribution is 7.88. The van der Waals surface area contributed by atoms with Crippen molar-refractivity contribution in [1.29, 1.82) is 0 Å². The van der Waals surface area contributed by atoms with Crippen LogP contribution in [0.15, 0.2) is 28.7 Å². The Kier molecular flexibility index (Phi) is 2.97. The fourth-order valence-electron chi connectivity index (χ4n) is 1.98. The maximum Gasteiger partial charge on any atom is 0.209 e. The number of para-hydroxylation sites is 1. The molecule has 0 fully saturated rings. The molecule has 1 atom stereocenters. The molecule has 0 bridgehead atoms. The van der Waals surface area contributed by atoms with Crippen LogP contribution < -0.4 is 4.72 Å². The molecule has 2 aromatic rings. The van der Waals surface area contributed by atoms with Crippen molar-refractivity contribution >= 4 is 21.0 Å². The van der Waals surface area contributed by atoms with Crippen LogP contribution >= 0.6 is 0 Å². The van der Waals surface area contributed by atoms with Crippen molar-refractivity contribution in [2.24, 2.45) is 0 Å². The van der Waals surface area contributed by atoms with Gasteiger partial charge >= 0.3 is 0 Å². The molecule has 0 radical (unpaired) electrons. The zero-order chi connectivity index (χ0) is 12.6. The number of hydrogen-bond donors (Lipinski definition) is 1. The maximum absolute atomic E-state index is 11.2. The highest BCUT2D eigenvalue weighted by atomic mass is 32.2. The lowest BCUT2D eigenvalue weighted by Crippen LogP contribution is -2.25. The van der Waals surface area contributed by atoms with Crippen molar-refractivity contribution in [1.82, 2.24) is 4.72 Å². The van der Waals surface area contributed by atoms with E-state index >= 15 is 0 Å². The lowest BCUT2D eigenvalue weighted by molar-refractivity contribution is 0.483. The van der Waals surface area contributed by atoms with Crippen molar-refractivity contribution in [3.63, 3.8) is 0 Å². The van der Waals surface area contributed by atoms with Crippen LogP contribution in [0.5, 0.6) is 0 Å². The zero-order valence-electron chi connectivity index (χ0n) is 10.0. The zero-order valence-corrected chi connectivity index (χ0v) is 10.8. The van der Waals surface area contributed by atoms with E-state index in [1.165, 1.54) is 0 Å². The van der Waals surface area contributed by atoms with Crippen molar-refractivity contribution in [3.8, 4) is 0 Å². The summed E-state index contributed by atoms with van der Waals surface area (Å²) < 4.78 is 30.6. The van der Waals surface area contributed by atoms with Gasteiger partial charge in [0.1, 0.15) is 11.3 Å². The lowest BCUT2D eigenvalue weighted by atomic mass is 10.1. The number of rotatable bonds is 3. The first-order valence-electron chi connectivity index (χ1n) is 5.34. The summed E-state index contributed by atoms with van der Waals surface area (Å²) in [6.45, 7) is 3.70. The Morgan fingerprint density at radius 1 is 1.29 bits per heavy atom. The summed E-state index contributed by atoms with van der Waals surface area (Å²) in [4.78, 5) is 0. The molecule has 0 amide bonds. The number of sulfonamides is 1. The van der Waals surface area contributed by atoms with Crippen LogP contribution in [-0.2, 0) is 10.0 Å². The van der Waals surface area contributed by atoms with Crippen LogP contribution in [0.1, 0.15) is 24.3 Å². The minimum Gasteiger partial charge on any atom is -0.459 e. The van der Waals surface area contributed by atoms with Crippen molar-refractivity contribution in [2.45, 2.75) is 19.9 Å². The molecule has 0 aliphatic heterocycles. The molecule has 4 nitrogen and oxygen atoms in total. The van der Waals surface area contributed by atoms with Gasteiger partial charge in [0.2, 0.25) is 10.0 Å². The molecule has 0 saturated heterocycles. The lowest BCUT2D eigenvalue weighted by Gasteiger charge is -2.10. The van der Waals surface area contributed by atoms with E-state index in [4.69, 9.17) is 4.42 Å². The SMILES string of the molecule is Cc1c([C@@H](C)NS(C)(=O)=O)oc2ccccc12. The molecule has 1 aromatic carbocycles. The quantitative estimate of drug-likeness (QED) is 0.913. The van der Waals surface area contributed by atoms with Gasteiger partial charge in [-0.25, -0.2) is 13.1 Å². The molecule has 0 unspecified atom stereocenters. The van der Waals surface area contributed by atoms with Gasteiger partial charge < -0.3 is 4.42 Å². The maximum atomic E-state index is 11.2. The van der Waals surface area contributed by atoms with Crippen molar-refractivity contribution < 1.29 is 12.8 Å². The minimum absolute atomic E-state index is 0.364. The van der Waals surface area contributed by atoms with Crippen LogP contribution in [0.2, 0.25) is 0 Å². The molecule has 1 heterocycles. The number of fused-ring (bicyclic) bond motifs is 1. The second-order valence-corrected chi connectivity index (χ2v) is 5.98. The molecule has 1 aromatic heterocycles. The van der Waals surface area contributed by atoms with E-state index in [0.29, 0.717) is 5.76 Å². The van der Waals surface area contributed by atoms with E-state index in [9.17, 15) is 8.42 Å². The largest absolute Gasteiger partial charge is 0.459 e. The fourth-order valence-corrected chi connectivity index (χ4v) is 2.73. The first kappa shape index (κ1) is 12.1. The molecule has 1 N–H and O–H groups in total. The Morgan fingerprint density at radius 3 is 2.53 bits per heavy atom. The Balaban J connectivity index is 2.45. The van der Waals surface area contributed by atoms with Crippen molar-refractivity contribution in [3.05, 3.63) is 35.6 Å². The van der Waals surface area contributed by atoms with Crippen LogP contribution in [-0.4, -0.2) is 14.7 Å². The fraction of sp³-hybridized carbons (Fsp3) is 0.333. The summed E-state index contributed by atoms with van der Waals surface area (Å²) in [5.41, 5.74) is 1.76. The third kappa shape index (κ3) is 2.50. The Bertz CT molecular complexity index is 643. The van der Waals surface area contributed by atoms with E-state index in [-0.39, 0.29) is 6.04 Å². The summed E-state index contributed by atoms with van der Waals surface area (Å²) in [6, 6.07) is 7.30. The number of hydrogen-bond acceptors (Lipinski definition) is 3. The van der Waals surface area contributed by atoms with Gasteiger partial charge in [-0.15, -0.1) is 0 Å². The predicted octanol–water partition coefficient (Wildman–Crippen LogP) is 2.35. The van der Waals surface area contributed by atoms with E-state index in [0.717, 1.165) is 22.8 Å². The van der Waals surface area contributed by atoms with Crippen LogP contribution in [0, 0.1) is 6.92 Å². The van der Waals surface area contributed by atoms with Gasteiger partial charge in [0.15, 0.2) is 0 Å². The Hall–Kier alpha value is -1.33. The topological polar surface area (TPSA) is 59.3 Å². The average Bonchev–Trinajstić information content (AvgIpc) is 2.55. The van der Waals surface area contributed by atoms with Gasteiger partial charge in [-0.1, -0.05) is 18.2 Å². The summed E-state index contributed by atoms with van der Waals surface area (Å²) in [6.07, 6.45) is 1.14. The van der Waals surface area contributed by atoms with E-state index < -0.39 is 10.0 Å². The number of benzene rings is 1. The van der Waals surface area contributed by atoms with E-state index in [1.54, 1.807) is 6.92 Å². The molecule has 92 valence electrons. The molecular formula is C12H15NO3S. The average molecular weight is 253 g/mol. The van der Waals surface area contributed by atoms with Crippen LogP contribution in [0.3, 0.4) is 0 Å². The third-order valence-electron chi connectivity index (χ3n) is 2.66. The smallest absolute Gasteiger partial charge is 0.209 e. The first-order chi connectivity index (χ1) is 7.88. The van der Waals surface area contributed by atoms with Crippen LogP contribution in [0.25, 0.3) is 11.0 Å². The summed E-state index contributed by atoms with van der Waals surface area (Å²) in [7, 11) is -3.24. The van der Waals surface area contributed by atoms with Gasteiger partial charge in [-0.3, -0.25) is 0 Å². The molecule has 5 heteroatoms. The van der Waals surface area contributed by atoms with Gasteiger partial charge in [0.05, 0.1) is 12.3 Å². The minimum atomic E-state index is -3.24. The molecule has 2 rings (SSSR count). The van der Waals surface area contributed by atoms with Gasteiger partial charge in [-0.05, 0) is 19.9 Å². The molecule has 0 saturated carbocycles. The summed E-state index contributed by atoms with van der Waals surface area (Å²) in [5.74, 6) is 0.664. The molecule has 0 aliphatic rings. The number of nitrogens with one attached hydrogen (secondary N) is 1. The highest BCUT2D eigenvalue weighted by Gasteiger charge is 2.18. The van der Waals surface area contributed by atoms with Gasteiger partial charge in [0.25, 0.3) is 0 Å². The van der Waals surface area contributed by atoms with Gasteiger partial charge in [0, 0.05) is 10.9 Å². The monoisotopic (exact) mass is 253 g/mol. The Morgan fingerprint density at radius 2 is 1.94 bits per heavy atom. The normalized spacial score (nSPS) is 14.1. The van der Waals surface area contributed by atoms with E-state index in [1.807, 2.05) is 31.2 Å². The van der Waals surface area contributed by atoms with Crippen LogP contribution in [0.4, 0.5) is 0 Å². The van der Waals surface area contributed by atoms with Gasteiger partial charge in [-0.2, -0.15) is 0 Å². The molecule has 17 heavy (non-hydrogen) atoms. The molecule has 0 aliphatic carbocycles. The molecule has 0 spiro atoms. The highest BCUT2D eigenvalue weighted by Crippen LogP contribution is 2.29.